The molecule has 0 spiro atoms. The summed E-state index contributed by atoms with van der Waals surface area (Å²) < 4.78 is 5.64. The molecule has 1 unspecified atom stereocenters. The van der Waals surface area contributed by atoms with Crippen LogP contribution >= 0.6 is 0 Å². The minimum absolute atomic E-state index is 0.476. The van der Waals surface area contributed by atoms with Gasteiger partial charge in [-0.05, 0) is 42.2 Å². The van der Waals surface area contributed by atoms with Gasteiger partial charge in [-0.3, -0.25) is 0 Å². The zero-order chi connectivity index (χ0) is 15.1. The number of hydrogen-bond donors (Lipinski definition) is 1. The molecule has 112 valence electrons. The van der Waals surface area contributed by atoms with Gasteiger partial charge in [0.1, 0.15) is 5.75 Å². The van der Waals surface area contributed by atoms with Gasteiger partial charge in [0, 0.05) is 6.42 Å². The van der Waals surface area contributed by atoms with Gasteiger partial charge in [0.05, 0.1) is 12.7 Å². The molecule has 0 amide bonds. The third-order valence-corrected chi connectivity index (χ3v) is 3.71. The Morgan fingerprint density at radius 1 is 1.05 bits per heavy atom. The van der Waals surface area contributed by atoms with E-state index in [1.807, 2.05) is 36.4 Å². The quantitative estimate of drug-likeness (QED) is 0.761. The van der Waals surface area contributed by atoms with Crippen LogP contribution in [0, 0.1) is 6.92 Å². The zero-order valence-corrected chi connectivity index (χ0v) is 12.9. The number of hydrogen-bond acceptors (Lipinski definition) is 2. The number of aliphatic hydroxyl groups excluding tert-OH is 1. The molecule has 2 aromatic rings. The van der Waals surface area contributed by atoms with Crippen molar-refractivity contribution < 1.29 is 9.84 Å². The normalized spacial score (nSPS) is 12.1. The summed E-state index contributed by atoms with van der Waals surface area (Å²) in [6.45, 7) is 4.97. The van der Waals surface area contributed by atoms with Crippen LogP contribution in [0.2, 0.25) is 0 Å². The fraction of sp³-hybridized carbons (Fsp3) is 0.368. The number of unbranched alkanes of at least 4 members (excludes halogenated alkanes) is 1. The maximum Gasteiger partial charge on any atom is 0.119 e. The molecule has 2 rings (SSSR count). The molecule has 2 nitrogen and oxygen atoms in total. The van der Waals surface area contributed by atoms with E-state index in [0.29, 0.717) is 6.42 Å². The molecule has 2 heteroatoms. The lowest BCUT2D eigenvalue weighted by Crippen LogP contribution is -2.03. The standard InChI is InChI=1S/C19H24O2/c1-3-4-13-21-18-11-9-16(10-12-18)19(20)14-17-8-6-5-7-15(17)2/h5-12,19-20H,3-4,13-14H2,1-2H3. The van der Waals surface area contributed by atoms with Crippen molar-refractivity contribution >= 4 is 0 Å². The summed E-state index contributed by atoms with van der Waals surface area (Å²) in [4.78, 5) is 0. The molecule has 1 atom stereocenters. The highest BCUT2D eigenvalue weighted by Crippen LogP contribution is 2.22. The second kappa shape index (κ2) is 7.84. The minimum atomic E-state index is -0.476. The summed E-state index contributed by atoms with van der Waals surface area (Å²) in [6.07, 6.45) is 2.36. The molecule has 2 aromatic carbocycles. The van der Waals surface area contributed by atoms with E-state index in [1.54, 1.807) is 0 Å². The molecule has 0 bridgehead atoms. The predicted molar refractivity (Wildman–Crippen MR) is 86.7 cm³/mol. The van der Waals surface area contributed by atoms with E-state index >= 15 is 0 Å². The Morgan fingerprint density at radius 3 is 2.43 bits per heavy atom. The fourth-order valence-electron chi connectivity index (χ4n) is 2.29. The highest BCUT2D eigenvalue weighted by molar-refractivity contribution is 5.31. The molecule has 0 heterocycles. The molecule has 0 fully saturated rings. The Bertz CT molecular complexity index is 546. The lowest BCUT2D eigenvalue weighted by Gasteiger charge is -2.13. The SMILES string of the molecule is CCCCOc1ccc(C(O)Cc2ccccc2C)cc1. The number of benzene rings is 2. The van der Waals surface area contributed by atoms with Crippen LogP contribution in [-0.4, -0.2) is 11.7 Å². The number of aliphatic hydroxyl groups is 1. The van der Waals surface area contributed by atoms with Gasteiger partial charge >= 0.3 is 0 Å². The number of aryl methyl sites for hydroxylation is 1. The molecular formula is C19H24O2. The second-order valence-corrected chi connectivity index (χ2v) is 5.42. The first kappa shape index (κ1) is 15.6. The van der Waals surface area contributed by atoms with Crippen LogP contribution in [0.15, 0.2) is 48.5 Å². The van der Waals surface area contributed by atoms with Gasteiger partial charge in [-0.2, -0.15) is 0 Å². The third kappa shape index (κ3) is 4.61. The van der Waals surface area contributed by atoms with Crippen molar-refractivity contribution in [2.75, 3.05) is 6.61 Å². The van der Waals surface area contributed by atoms with E-state index in [1.165, 1.54) is 11.1 Å². The molecule has 0 aliphatic heterocycles. The van der Waals surface area contributed by atoms with Crippen molar-refractivity contribution in [3.63, 3.8) is 0 Å². The number of rotatable bonds is 7. The summed E-state index contributed by atoms with van der Waals surface area (Å²) >= 11 is 0. The van der Waals surface area contributed by atoms with E-state index in [4.69, 9.17) is 4.74 Å². The monoisotopic (exact) mass is 284 g/mol. The lowest BCUT2D eigenvalue weighted by molar-refractivity contribution is 0.178. The van der Waals surface area contributed by atoms with Gasteiger partial charge < -0.3 is 9.84 Å². The maximum atomic E-state index is 10.4. The van der Waals surface area contributed by atoms with Crippen LogP contribution in [-0.2, 0) is 6.42 Å². The van der Waals surface area contributed by atoms with Gasteiger partial charge in [0.2, 0.25) is 0 Å². The average molecular weight is 284 g/mol. The first-order chi connectivity index (χ1) is 10.2. The van der Waals surface area contributed by atoms with E-state index in [9.17, 15) is 5.11 Å². The molecule has 0 saturated heterocycles. The van der Waals surface area contributed by atoms with Crippen LogP contribution in [0.3, 0.4) is 0 Å². The van der Waals surface area contributed by atoms with Crippen LogP contribution in [0.1, 0.15) is 42.6 Å². The molecule has 0 aliphatic rings. The number of ether oxygens (including phenoxy) is 1. The highest BCUT2D eigenvalue weighted by Gasteiger charge is 2.10. The smallest absolute Gasteiger partial charge is 0.119 e. The van der Waals surface area contributed by atoms with Crippen molar-refractivity contribution in [3.05, 3.63) is 65.2 Å². The highest BCUT2D eigenvalue weighted by atomic mass is 16.5. The molecule has 0 aromatic heterocycles. The molecule has 21 heavy (non-hydrogen) atoms. The van der Waals surface area contributed by atoms with Crippen molar-refractivity contribution in [3.8, 4) is 5.75 Å². The molecule has 1 N–H and O–H groups in total. The summed E-state index contributed by atoms with van der Waals surface area (Å²) in [5.41, 5.74) is 3.34. The Kier molecular flexibility index (Phi) is 5.82. The topological polar surface area (TPSA) is 29.5 Å². The van der Waals surface area contributed by atoms with Crippen LogP contribution in [0.5, 0.6) is 5.75 Å². The molecule has 0 saturated carbocycles. The summed E-state index contributed by atoms with van der Waals surface area (Å²) in [5.74, 6) is 0.871. The minimum Gasteiger partial charge on any atom is -0.494 e. The predicted octanol–water partition coefficient (Wildman–Crippen LogP) is 4.45. The first-order valence-corrected chi connectivity index (χ1v) is 7.66. The molecule has 0 aliphatic carbocycles. The van der Waals surface area contributed by atoms with Gasteiger partial charge in [-0.25, -0.2) is 0 Å². The van der Waals surface area contributed by atoms with Crippen molar-refractivity contribution in [2.45, 2.75) is 39.2 Å². The van der Waals surface area contributed by atoms with E-state index in [0.717, 1.165) is 30.8 Å². The summed E-state index contributed by atoms with van der Waals surface area (Å²) in [7, 11) is 0. The van der Waals surface area contributed by atoms with Crippen molar-refractivity contribution in [1.82, 2.24) is 0 Å². The van der Waals surface area contributed by atoms with Crippen LogP contribution in [0.25, 0.3) is 0 Å². The molecular weight excluding hydrogens is 260 g/mol. The van der Waals surface area contributed by atoms with Crippen molar-refractivity contribution in [2.24, 2.45) is 0 Å². The second-order valence-electron chi connectivity index (χ2n) is 5.42. The third-order valence-electron chi connectivity index (χ3n) is 3.71. The van der Waals surface area contributed by atoms with Gasteiger partial charge in [-0.1, -0.05) is 49.7 Å². The van der Waals surface area contributed by atoms with E-state index in [2.05, 4.69) is 26.0 Å². The van der Waals surface area contributed by atoms with Gasteiger partial charge in [-0.15, -0.1) is 0 Å². The Hall–Kier alpha value is -1.80. The maximum absolute atomic E-state index is 10.4. The van der Waals surface area contributed by atoms with Gasteiger partial charge in [0.25, 0.3) is 0 Å². The van der Waals surface area contributed by atoms with Crippen molar-refractivity contribution in [1.29, 1.82) is 0 Å². The Balaban J connectivity index is 1.96. The summed E-state index contributed by atoms with van der Waals surface area (Å²) in [6, 6.07) is 16.0. The fourth-order valence-corrected chi connectivity index (χ4v) is 2.29. The van der Waals surface area contributed by atoms with Gasteiger partial charge in [0.15, 0.2) is 0 Å². The van der Waals surface area contributed by atoms with E-state index in [-0.39, 0.29) is 0 Å². The van der Waals surface area contributed by atoms with Crippen LogP contribution in [0.4, 0.5) is 0 Å². The Labute approximate surface area is 127 Å². The molecule has 0 radical (unpaired) electrons. The summed E-state index contributed by atoms with van der Waals surface area (Å²) in [5, 5.41) is 10.4. The van der Waals surface area contributed by atoms with E-state index < -0.39 is 6.10 Å². The first-order valence-electron chi connectivity index (χ1n) is 7.66. The lowest BCUT2D eigenvalue weighted by atomic mass is 9.98. The Morgan fingerprint density at radius 2 is 1.76 bits per heavy atom. The van der Waals surface area contributed by atoms with Crippen LogP contribution < -0.4 is 4.74 Å². The largest absolute Gasteiger partial charge is 0.494 e. The average Bonchev–Trinajstić information content (AvgIpc) is 2.50. The zero-order valence-electron chi connectivity index (χ0n) is 12.9.